The molecule has 0 amide bonds. The van der Waals surface area contributed by atoms with Crippen LogP contribution in [0, 0.1) is 17.8 Å². The van der Waals surface area contributed by atoms with E-state index in [4.69, 9.17) is 13.9 Å². The van der Waals surface area contributed by atoms with Gasteiger partial charge in [0.1, 0.15) is 17.1 Å². The molecule has 0 radical (unpaired) electrons. The van der Waals surface area contributed by atoms with Crippen molar-refractivity contribution in [2.24, 2.45) is 17.8 Å². The van der Waals surface area contributed by atoms with Gasteiger partial charge in [0, 0.05) is 22.9 Å². The van der Waals surface area contributed by atoms with Crippen LogP contribution in [0.1, 0.15) is 27.2 Å². The highest BCUT2D eigenvalue weighted by atomic mass is 19.4. The van der Waals surface area contributed by atoms with Crippen LogP contribution in [0.25, 0.3) is 22.3 Å². The third-order valence-electron chi connectivity index (χ3n) is 5.39. The molecule has 0 aliphatic rings. The number of carbonyl (C=O) groups excluding carboxylic acids is 1. The molecular weight excluding hydrogens is 421 g/mol. The Labute approximate surface area is 185 Å². The lowest BCUT2D eigenvalue weighted by atomic mass is 9.98. The number of benzene rings is 2. The third kappa shape index (κ3) is 6.52. The topological polar surface area (TPSA) is 48.7 Å². The van der Waals surface area contributed by atoms with Gasteiger partial charge in [-0.3, -0.25) is 4.79 Å². The van der Waals surface area contributed by atoms with Gasteiger partial charge in [-0.2, -0.15) is 13.2 Å². The molecule has 1 heterocycles. The summed E-state index contributed by atoms with van der Waals surface area (Å²) in [6, 6.07) is 16.6. The Morgan fingerprint density at radius 3 is 2.38 bits per heavy atom. The van der Waals surface area contributed by atoms with Gasteiger partial charge in [0.25, 0.3) is 0 Å². The average molecular weight is 448 g/mol. The highest BCUT2D eigenvalue weighted by Gasteiger charge is 2.33. The lowest BCUT2D eigenvalue weighted by molar-refractivity contribution is -0.163. The van der Waals surface area contributed by atoms with Crippen LogP contribution < -0.4 is 4.74 Å². The van der Waals surface area contributed by atoms with Gasteiger partial charge in [-0.15, -0.1) is 0 Å². The monoisotopic (exact) mass is 448 g/mol. The molecule has 0 bridgehead atoms. The van der Waals surface area contributed by atoms with E-state index in [2.05, 4.69) is 0 Å². The minimum atomic E-state index is -4.39. The van der Waals surface area contributed by atoms with Crippen LogP contribution >= 0.6 is 0 Å². The largest absolute Gasteiger partial charge is 0.493 e. The number of alkyl halides is 3. The number of halogens is 3. The molecule has 0 saturated carbocycles. The summed E-state index contributed by atoms with van der Waals surface area (Å²) in [4.78, 5) is 12.0. The molecule has 0 aliphatic carbocycles. The number of esters is 1. The van der Waals surface area contributed by atoms with Crippen molar-refractivity contribution in [3.05, 3.63) is 54.6 Å². The van der Waals surface area contributed by atoms with Gasteiger partial charge < -0.3 is 13.9 Å². The molecule has 1 aromatic heterocycles. The number of hydrogen-bond acceptors (Lipinski definition) is 4. The molecule has 0 saturated heterocycles. The minimum absolute atomic E-state index is 0.0422. The van der Waals surface area contributed by atoms with Crippen molar-refractivity contribution in [1.82, 2.24) is 0 Å². The number of furan rings is 1. The zero-order valence-corrected chi connectivity index (χ0v) is 18.3. The van der Waals surface area contributed by atoms with Crippen LogP contribution in [0.3, 0.4) is 0 Å². The molecule has 0 spiro atoms. The Balaban J connectivity index is 1.67. The summed E-state index contributed by atoms with van der Waals surface area (Å²) < 4.78 is 55.7. The van der Waals surface area contributed by atoms with Crippen LogP contribution in [-0.4, -0.2) is 25.4 Å². The molecular formula is C25H27F3O4. The van der Waals surface area contributed by atoms with Crippen molar-refractivity contribution >= 4 is 16.9 Å². The summed E-state index contributed by atoms with van der Waals surface area (Å²) >= 11 is 0. The van der Waals surface area contributed by atoms with Gasteiger partial charge in [-0.25, -0.2) is 0 Å². The second-order valence-corrected chi connectivity index (χ2v) is 8.34. The molecule has 2 aromatic carbocycles. The minimum Gasteiger partial charge on any atom is -0.493 e. The predicted octanol–water partition coefficient (Wildman–Crippen LogP) is 6.88. The summed E-state index contributed by atoms with van der Waals surface area (Å²) in [7, 11) is 0. The van der Waals surface area contributed by atoms with E-state index in [9.17, 15) is 18.0 Å². The summed E-state index contributed by atoms with van der Waals surface area (Å²) in [5.74, 6) is -0.772. The van der Waals surface area contributed by atoms with E-state index in [0.717, 1.165) is 10.9 Å². The van der Waals surface area contributed by atoms with Crippen molar-refractivity contribution in [3.63, 3.8) is 0 Å². The van der Waals surface area contributed by atoms with Crippen LogP contribution in [0.15, 0.2) is 59.0 Å². The van der Waals surface area contributed by atoms with E-state index < -0.39 is 24.5 Å². The lowest BCUT2D eigenvalue weighted by Crippen LogP contribution is -2.28. The maximum atomic E-state index is 13.0. The fourth-order valence-electron chi connectivity index (χ4n) is 3.16. The zero-order chi connectivity index (χ0) is 23.3. The Bertz CT molecular complexity index is 1020. The lowest BCUT2D eigenvalue weighted by Gasteiger charge is -2.21. The molecule has 2 unspecified atom stereocenters. The quantitative estimate of drug-likeness (QED) is 0.335. The predicted molar refractivity (Wildman–Crippen MR) is 116 cm³/mol. The van der Waals surface area contributed by atoms with E-state index in [0.29, 0.717) is 17.1 Å². The first-order valence-electron chi connectivity index (χ1n) is 10.6. The normalized spacial score (nSPS) is 13.8. The Morgan fingerprint density at radius 1 is 1.00 bits per heavy atom. The molecule has 172 valence electrons. The van der Waals surface area contributed by atoms with E-state index in [1.54, 1.807) is 25.1 Å². The molecule has 0 N–H and O–H groups in total. The second-order valence-electron chi connectivity index (χ2n) is 8.34. The van der Waals surface area contributed by atoms with Crippen LogP contribution in [0.2, 0.25) is 0 Å². The standard InChI is InChI=1S/C25H27F3O4/c1-16(2)17(3)24(29)31-15-18(13-25(26,27)28)14-30-21-10-9-20-11-22(32-23(20)12-21)19-7-5-4-6-8-19/h4-12,16-18H,13-15H2,1-3H3. The van der Waals surface area contributed by atoms with Crippen molar-refractivity contribution < 1.29 is 31.9 Å². The molecule has 2 atom stereocenters. The van der Waals surface area contributed by atoms with Crippen LogP contribution in [-0.2, 0) is 9.53 Å². The number of hydrogen-bond donors (Lipinski definition) is 0. The first-order valence-corrected chi connectivity index (χ1v) is 10.6. The second kappa shape index (κ2) is 10.1. The summed E-state index contributed by atoms with van der Waals surface area (Å²) in [6.45, 7) is 4.83. The van der Waals surface area contributed by atoms with Gasteiger partial charge in [0.15, 0.2) is 0 Å². The van der Waals surface area contributed by atoms with Gasteiger partial charge in [-0.05, 0) is 24.1 Å². The van der Waals surface area contributed by atoms with E-state index >= 15 is 0 Å². The van der Waals surface area contributed by atoms with Gasteiger partial charge in [0.2, 0.25) is 0 Å². The summed E-state index contributed by atoms with van der Waals surface area (Å²) in [5.41, 5.74) is 1.50. The highest BCUT2D eigenvalue weighted by Crippen LogP contribution is 2.31. The molecule has 4 nitrogen and oxygen atoms in total. The molecule has 32 heavy (non-hydrogen) atoms. The van der Waals surface area contributed by atoms with E-state index in [1.807, 2.05) is 50.2 Å². The van der Waals surface area contributed by atoms with Gasteiger partial charge in [0.05, 0.1) is 25.6 Å². The molecule has 0 fully saturated rings. The number of carbonyl (C=O) groups is 1. The molecule has 7 heteroatoms. The zero-order valence-electron chi connectivity index (χ0n) is 18.3. The van der Waals surface area contributed by atoms with Crippen LogP contribution in [0.4, 0.5) is 13.2 Å². The van der Waals surface area contributed by atoms with Crippen molar-refractivity contribution in [3.8, 4) is 17.1 Å². The Hall–Kier alpha value is -2.96. The van der Waals surface area contributed by atoms with Crippen LogP contribution in [0.5, 0.6) is 5.75 Å². The molecule has 3 aromatic rings. The third-order valence-corrected chi connectivity index (χ3v) is 5.39. The first kappa shape index (κ1) is 23.7. The van der Waals surface area contributed by atoms with Crippen molar-refractivity contribution in [2.45, 2.75) is 33.4 Å². The molecule has 3 rings (SSSR count). The summed E-state index contributed by atoms with van der Waals surface area (Å²) in [5, 5.41) is 0.861. The maximum absolute atomic E-state index is 13.0. The number of rotatable bonds is 9. The smallest absolute Gasteiger partial charge is 0.389 e. The maximum Gasteiger partial charge on any atom is 0.389 e. The Kier molecular flexibility index (Phi) is 7.48. The first-order chi connectivity index (χ1) is 15.1. The van der Waals surface area contributed by atoms with Crippen molar-refractivity contribution in [2.75, 3.05) is 13.2 Å². The van der Waals surface area contributed by atoms with Crippen molar-refractivity contribution in [1.29, 1.82) is 0 Å². The Morgan fingerprint density at radius 2 is 1.72 bits per heavy atom. The van der Waals surface area contributed by atoms with Gasteiger partial charge in [-0.1, -0.05) is 51.1 Å². The molecule has 0 aliphatic heterocycles. The average Bonchev–Trinajstić information content (AvgIpc) is 3.18. The SMILES string of the molecule is CC(C)C(C)C(=O)OCC(COc1ccc2cc(-c3ccccc3)oc2c1)CC(F)(F)F. The fourth-order valence-corrected chi connectivity index (χ4v) is 3.16. The van der Waals surface area contributed by atoms with E-state index in [1.165, 1.54) is 0 Å². The van der Waals surface area contributed by atoms with E-state index in [-0.39, 0.29) is 25.0 Å². The number of ether oxygens (including phenoxy) is 2. The number of fused-ring (bicyclic) bond motifs is 1. The van der Waals surface area contributed by atoms with Gasteiger partial charge >= 0.3 is 12.1 Å². The highest BCUT2D eigenvalue weighted by molar-refractivity contribution is 5.83. The fraction of sp³-hybridized carbons (Fsp3) is 0.400. The summed E-state index contributed by atoms with van der Waals surface area (Å²) in [6.07, 6.45) is -5.49.